The smallest absolute Gasteiger partial charge is 0.239 e. The molecule has 16 heavy (non-hydrogen) atoms. The molecule has 1 aliphatic heterocycles. The van der Waals surface area contributed by atoms with Gasteiger partial charge in [0, 0.05) is 18.7 Å². The lowest BCUT2D eigenvalue weighted by molar-refractivity contribution is -0.133. The van der Waals surface area contributed by atoms with Crippen molar-refractivity contribution < 1.29 is 9.18 Å². The molecule has 0 bridgehead atoms. The van der Waals surface area contributed by atoms with Crippen molar-refractivity contribution >= 4 is 5.91 Å². The van der Waals surface area contributed by atoms with Crippen LogP contribution in [0.2, 0.25) is 0 Å². The Kier molecular flexibility index (Phi) is 2.92. The van der Waals surface area contributed by atoms with Gasteiger partial charge < -0.3 is 10.6 Å². The topological polar surface area (TPSA) is 46.3 Å². The summed E-state index contributed by atoms with van der Waals surface area (Å²) in [4.78, 5) is 13.3. The first-order valence-corrected chi connectivity index (χ1v) is 5.40. The van der Waals surface area contributed by atoms with Crippen LogP contribution in [0.15, 0.2) is 18.2 Å². The second kappa shape index (κ2) is 4.22. The van der Waals surface area contributed by atoms with Gasteiger partial charge in [0.1, 0.15) is 5.82 Å². The van der Waals surface area contributed by atoms with Crippen LogP contribution in [0.1, 0.15) is 18.1 Å². The van der Waals surface area contributed by atoms with Crippen molar-refractivity contribution in [1.82, 2.24) is 4.90 Å². The molecule has 2 rings (SSSR count). The molecule has 1 amide bonds. The molecule has 0 saturated carbocycles. The summed E-state index contributed by atoms with van der Waals surface area (Å²) in [7, 11) is 0. The molecule has 0 spiro atoms. The molecule has 0 radical (unpaired) electrons. The van der Waals surface area contributed by atoms with E-state index in [4.69, 9.17) is 5.73 Å². The van der Waals surface area contributed by atoms with E-state index in [2.05, 4.69) is 0 Å². The molecule has 1 atom stereocenters. The molecule has 0 aliphatic carbocycles. The quantitative estimate of drug-likeness (QED) is 0.772. The Labute approximate surface area is 94.0 Å². The fraction of sp³-hybridized carbons (Fsp3) is 0.417. The van der Waals surface area contributed by atoms with Crippen LogP contribution >= 0.6 is 0 Å². The summed E-state index contributed by atoms with van der Waals surface area (Å²) in [6, 6.07) is 4.52. The number of nitrogens with two attached hydrogens (primary N) is 1. The molecular weight excluding hydrogens is 207 g/mol. The molecule has 2 N–H and O–H groups in total. The first-order valence-electron chi connectivity index (χ1n) is 5.40. The van der Waals surface area contributed by atoms with Gasteiger partial charge in [-0.2, -0.15) is 0 Å². The minimum absolute atomic E-state index is 0.117. The van der Waals surface area contributed by atoms with Crippen molar-refractivity contribution in [3.63, 3.8) is 0 Å². The van der Waals surface area contributed by atoms with Crippen LogP contribution < -0.4 is 5.73 Å². The summed E-state index contributed by atoms with van der Waals surface area (Å²) in [6.45, 7) is 2.61. The lowest BCUT2D eigenvalue weighted by atomic mass is 9.99. The molecule has 86 valence electrons. The Bertz CT molecular complexity index is 417. The van der Waals surface area contributed by atoms with E-state index in [0.717, 1.165) is 5.56 Å². The Morgan fingerprint density at radius 2 is 2.31 bits per heavy atom. The summed E-state index contributed by atoms with van der Waals surface area (Å²) in [5.41, 5.74) is 7.16. The largest absolute Gasteiger partial charge is 0.337 e. The summed E-state index contributed by atoms with van der Waals surface area (Å²) >= 11 is 0. The van der Waals surface area contributed by atoms with E-state index in [1.807, 2.05) is 6.07 Å². The van der Waals surface area contributed by atoms with Crippen molar-refractivity contribution in [1.29, 1.82) is 0 Å². The molecular formula is C12H15FN2O. The van der Waals surface area contributed by atoms with Crippen LogP contribution in [0.25, 0.3) is 0 Å². The fourth-order valence-electron chi connectivity index (χ4n) is 2.02. The summed E-state index contributed by atoms with van der Waals surface area (Å²) < 4.78 is 13.5. The van der Waals surface area contributed by atoms with Crippen LogP contribution in [-0.4, -0.2) is 23.4 Å². The number of hydrogen-bond donors (Lipinski definition) is 1. The molecule has 1 aromatic rings. The molecule has 1 unspecified atom stereocenters. The van der Waals surface area contributed by atoms with E-state index in [0.29, 0.717) is 25.1 Å². The van der Waals surface area contributed by atoms with E-state index >= 15 is 0 Å². The Morgan fingerprint density at radius 3 is 3.00 bits per heavy atom. The third-order valence-electron chi connectivity index (χ3n) is 2.92. The number of carbonyl (C=O) groups excluding carboxylic acids is 1. The third kappa shape index (κ3) is 1.93. The third-order valence-corrected chi connectivity index (χ3v) is 2.92. The SMILES string of the molecule is CC(N)C(=O)N1CCc2cccc(F)c2C1. The average molecular weight is 222 g/mol. The highest BCUT2D eigenvalue weighted by Crippen LogP contribution is 2.21. The molecule has 3 nitrogen and oxygen atoms in total. The minimum atomic E-state index is -0.520. The van der Waals surface area contributed by atoms with E-state index in [1.165, 1.54) is 6.07 Å². The Hall–Kier alpha value is -1.42. The normalized spacial score (nSPS) is 16.8. The zero-order valence-electron chi connectivity index (χ0n) is 9.24. The molecule has 0 saturated heterocycles. The van der Waals surface area contributed by atoms with Crippen molar-refractivity contribution in [2.75, 3.05) is 6.54 Å². The lowest BCUT2D eigenvalue weighted by Gasteiger charge is -2.30. The second-order valence-corrected chi connectivity index (χ2v) is 4.18. The Balaban J connectivity index is 2.23. The average Bonchev–Trinajstić information content (AvgIpc) is 2.28. The van der Waals surface area contributed by atoms with Gasteiger partial charge in [0.2, 0.25) is 5.91 Å². The number of halogens is 1. The number of amides is 1. The van der Waals surface area contributed by atoms with Crippen LogP contribution in [0, 0.1) is 5.82 Å². The molecule has 4 heteroatoms. The van der Waals surface area contributed by atoms with Crippen molar-refractivity contribution in [3.8, 4) is 0 Å². The highest BCUT2D eigenvalue weighted by Gasteiger charge is 2.24. The van der Waals surface area contributed by atoms with Gasteiger partial charge in [0.25, 0.3) is 0 Å². The van der Waals surface area contributed by atoms with Crippen LogP contribution in [0.4, 0.5) is 4.39 Å². The van der Waals surface area contributed by atoms with Gasteiger partial charge in [-0.1, -0.05) is 12.1 Å². The number of carbonyl (C=O) groups is 1. The second-order valence-electron chi connectivity index (χ2n) is 4.18. The highest BCUT2D eigenvalue weighted by atomic mass is 19.1. The predicted octanol–water partition coefficient (Wildman–Crippen LogP) is 1.06. The molecule has 0 aromatic heterocycles. The van der Waals surface area contributed by atoms with Crippen LogP contribution in [0.3, 0.4) is 0 Å². The number of fused-ring (bicyclic) bond motifs is 1. The number of rotatable bonds is 1. The molecule has 1 aromatic carbocycles. The zero-order chi connectivity index (χ0) is 11.7. The lowest BCUT2D eigenvalue weighted by Crippen LogP contribution is -2.44. The molecule has 1 aliphatic rings. The van der Waals surface area contributed by atoms with Crippen LogP contribution in [0.5, 0.6) is 0 Å². The molecule has 0 fully saturated rings. The Morgan fingerprint density at radius 1 is 1.56 bits per heavy atom. The fourth-order valence-corrected chi connectivity index (χ4v) is 2.02. The predicted molar refractivity (Wildman–Crippen MR) is 59.2 cm³/mol. The maximum Gasteiger partial charge on any atom is 0.239 e. The molecule has 1 heterocycles. The van der Waals surface area contributed by atoms with Gasteiger partial charge >= 0.3 is 0 Å². The first-order chi connectivity index (χ1) is 7.59. The number of hydrogen-bond acceptors (Lipinski definition) is 2. The van der Waals surface area contributed by atoms with Crippen LogP contribution in [-0.2, 0) is 17.8 Å². The van der Waals surface area contributed by atoms with E-state index < -0.39 is 6.04 Å². The van der Waals surface area contributed by atoms with Gasteiger partial charge in [-0.3, -0.25) is 4.79 Å². The highest BCUT2D eigenvalue weighted by molar-refractivity contribution is 5.81. The minimum Gasteiger partial charge on any atom is -0.337 e. The van der Waals surface area contributed by atoms with Crippen molar-refractivity contribution in [3.05, 3.63) is 35.1 Å². The first kappa shape index (κ1) is 11.1. The maximum atomic E-state index is 13.5. The van der Waals surface area contributed by atoms with Crippen molar-refractivity contribution in [2.24, 2.45) is 5.73 Å². The standard InChI is InChI=1S/C12H15FN2O/c1-8(14)12(16)15-6-5-9-3-2-4-11(13)10(9)7-15/h2-4,8H,5-7,14H2,1H3. The van der Waals surface area contributed by atoms with Gasteiger partial charge in [0.05, 0.1) is 6.04 Å². The number of nitrogens with zero attached hydrogens (tertiary/aromatic N) is 1. The van der Waals surface area contributed by atoms with E-state index in [-0.39, 0.29) is 11.7 Å². The van der Waals surface area contributed by atoms with E-state index in [1.54, 1.807) is 17.9 Å². The monoisotopic (exact) mass is 222 g/mol. The van der Waals surface area contributed by atoms with E-state index in [9.17, 15) is 9.18 Å². The summed E-state index contributed by atoms with van der Waals surface area (Å²) in [5, 5.41) is 0. The van der Waals surface area contributed by atoms with Gasteiger partial charge in [0.15, 0.2) is 0 Å². The number of benzene rings is 1. The van der Waals surface area contributed by atoms with Gasteiger partial charge in [-0.05, 0) is 25.0 Å². The zero-order valence-corrected chi connectivity index (χ0v) is 9.24. The summed E-state index contributed by atoms with van der Waals surface area (Å²) in [6.07, 6.45) is 0.700. The summed E-state index contributed by atoms with van der Waals surface area (Å²) in [5.74, 6) is -0.353. The van der Waals surface area contributed by atoms with Gasteiger partial charge in [-0.15, -0.1) is 0 Å². The van der Waals surface area contributed by atoms with Gasteiger partial charge in [-0.25, -0.2) is 4.39 Å². The maximum absolute atomic E-state index is 13.5. The van der Waals surface area contributed by atoms with Crippen molar-refractivity contribution in [2.45, 2.75) is 25.9 Å².